The van der Waals surface area contributed by atoms with E-state index in [0.717, 1.165) is 28.6 Å². The molecule has 0 atom stereocenters. The molecule has 1 aliphatic rings. The Bertz CT molecular complexity index is 512. The van der Waals surface area contributed by atoms with Gasteiger partial charge in [0.25, 0.3) is 0 Å². The fourth-order valence-corrected chi connectivity index (χ4v) is 3.49. The van der Waals surface area contributed by atoms with Crippen molar-refractivity contribution in [2.45, 2.75) is 42.5 Å². The maximum Gasteiger partial charge on any atom is 0.329 e. The van der Waals surface area contributed by atoms with Gasteiger partial charge in [-0.25, -0.2) is 4.79 Å². The van der Waals surface area contributed by atoms with E-state index in [2.05, 4.69) is 21.2 Å². The van der Waals surface area contributed by atoms with Crippen LogP contribution < -0.4 is 5.32 Å². The van der Waals surface area contributed by atoms with Gasteiger partial charge in [-0.1, -0.05) is 35.2 Å². The van der Waals surface area contributed by atoms with Crippen molar-refractivity contribution >= 4 is 39.6 Å². The van der Waals surface area contributed by atoms with Crippen molar-refractivity contribution in [2.24, 2.45) is 0 Å². The first-order valence-corrected chi connectivity index (χ1v) is 8.72. The van der Waals surface area contributed by atoms with Crippen molar-refractivity contribution in [3.8, 4) is 0 Å². The Morgan fingerprint density at radius 1 is 1.19 bits per heavy atom. The van der Waals surface area contributed by atoms with Crippen LogP contribution in [0.1, 0.15) is 32.1 Å². The van der Waals surface area contributed by atoms with Gasteiger partial charge >= 0.3 is 5.97 Å². The molecule has 4 nitrogen and oxygen atoms in total. The molecule has 2 N–H and O–H groups in total. The zero-order valence-electron chi connectivity index (χ0n) is 11.6. The van der Waals surface area contributed by atoms with Crippen molar-refractivity contribution in [2.75, 3.05) is 5.75 Å². The number of carboxylic acids is 1. The molecule has 0 radical (unpaired) electrons. The highest BCUT2D eigenvalue weighted by atomic mass is 79.9. The summed E-state index contributed by atoms with van der Waals surface area (Å²) < 4.78 is 0.989. The van der Waals surface area contributed by atoms with Crippen LogP contribution >= 0.6 is 27.7 Å². The Kier molecular flexibility index (Phi) is 5.70. The summed E-state index contributed by atoms with van der Waals surface area (Å²) in [5.41, 5.74) is -1.06. The summed E-state index contributed by atoms with van der Waals surface area (Å²) in [5.74, 6) is -0.896. The molecule has 0 spiro atoms. The first-order valence-electron chi connectivity index (χ1n) is 6.95. The van der Waals surface area contributed by atoms with E-state index in [0.29, 0.717) is 12.8 Å². The van der Waals surface area contributed by atoms with Crippen LogP contribution in [0, 0.1) is 0 Å². The summed E-state index contributed by atoms with van der Waals surface area (Å²) in [5, 5.41) is 12.2. The number of carbonyl (C=O) groups is 2. The molecule has 0 saturated heterocycles. The monoisotopic (exact) mass is 371 g/mol. The number of carboxylic acid groups (broad SMARTS) is 1. The smallest absolute Gasteiger partial charge is 0.329 e. The third kappa shape index (κ3) is 4.48. The quantitative estimate of drug-likeness (QED) is 0.777. The van der Waals surface area contributed by atoms with Gasteiger partial charge in [-0.05, 0) is 37.1 Å². The SMILES string of the molecule is O=C(CSc1ccc(Br)cc1)NC1(C(=O)O)CCCCC1. The van der Waals surface area contributed by atoms with Gasteiger partial charge in [0.2, 0.25) is 5.91 Å². The zero-order valence-corrected chi connectivity index (χ0v) is 14.0. The highest BCUT2D eigenvalue weighted by Crippen LogP contribution is 2.29. The fraction of sp³-hybridized carbons (Fsp3) is 0.467. The molecular formula is C15H18BrNO3S. The number of aliphatic carboxylic acids is 1. The largest absolute Gasteiger partial charge is 0.480 e. The number of carbonyl (C=O) groups excluding carboxylic acids is 1. The van der Waals surface area contributed by atoms with Crippen LogP contribution in [0.4, 0.5) is 0 Å². The number of hydrogen-bond donors (Lipinski definition) is 2. The predicted molar refractivity (Wildman–Crippen MR) is 86.5 cm³/mol. The van der Waals surface area contributed by atoms with Crippen molar-refractivity contribution in [1.29, 1.82) is 0 Å². The van der Waals surface area contributed by atoms with Crippen LogP contribution in [-0.4, -0.2) is 28.3 Å². The molecule has 1 fully saturated rings. The van der Waals surface area contributed by atoms with Gasteiger partial charge < -0.3 is 10.4 Å². The summed E-state index contributed by atoms with van der Waals surface area (Å²) in [6, 6.07) is 7.69. The summed E-state index contributed by atoms with van der Waals surface area (Å²) in [4.78, 5) is 24.5. The molecular weight excluding hydrogens is 354 g/mol. The second-order valence-electron chi connectivity index (χ2n) is 5.24. The molecule has 1 saturated carbocycles. The number of thioether (sulfide) groups is 1. The Balaban J connectivity index is 1.90. The predicted octanol–water partition coefficient (Wildman–Crippen LogP) is 3.44. The Hall–Kier alpha value is -1.01. The van der Waals surface area contributed by atoms with E-state index < -0.39 is 11.5 Å². The summed E-state index contributed by atoms with van der Waals surface area (Å²) in [6.07, 6.45) is 3.80. The Morgan fingerprint density at radius 2 is 1.81 bits per heavy atom. The van der Waals surface area contributed by atoms with Gasteiger partial charge in [-0.2, -0.15) is 0 Å². The van der Waals surface area contributed by atoms with Gasteiger partial charge in [0, 0.05) is 9.37 Å². The highest BCUT2D eigenvalue weighted by molar-refractivity contribution is 9.10. The van der Waals surface area contributed by atoms with Gasteiger partial charge in [0.1, 0.15) is 5.54 Å². The topological polar surface area (TPSA) is 66.4 Å². The lowest BCUT2D eigenvalue weighted by atomic mass is 9.81. The molecule has 0 unspecified atom stereocenters. The Morgan fingerprint density at radius 3 is 2.38 bits per heavy atom. The van der Waals surface area contributed by atoms with Crippen LogP contribution in [0.2, 0.25) is 0 Å². The molecule has 0 aromatic heterocycles. The number of halogens is 1. The fourth-order valence-electron chi connectivity index (χ4n) is 2.53. The molecule has 1 aromatic rings. The minimum absolute atomic E-state index is 0.216. The molecule has 0 aliphatic heterocycles. The summed E-state index contributed by atoms with van der Waals surface area (Å²) in [6.45, 7) is 0. The van der Waals surface area contributed by atoms with Crippen molar-refractivity contribution < 1.29 is 14.7 Å². The van der Waals surface area contributed by atoms with E-state index >= 15 is 0 Å². The second-order valence-corrected chi connectivity index (χ2v) is 7.20. The van der Waals surface area contributed by atoms with Crippen LogP contribution in [0.25, 0.3) is 0 Å². The number of rotatable bonds is 5. The summed E-state index contributed by atoms with van der Waals surface area (Å²) in [7, 11) is 0. The number of benzene rings is 1. The molecule has 1 aromatic carbocycles. The average molecular weight is 372 g/mol. The van der Waals surface area contributed by atoms with Crippen LogP contribution in [0.15, 0.2) is 33.6 Å². The molecule has 1 aliphatic carbocycles. The molecule has 6 heteroatoms. The summed E-state index contributed by atoms with van der Waals surface area (Å²) >= 11 is 4.77. The molecule has 0 heterocycles. The number of nitrogens with one attached hydrogen (secondary N) is 1. The zero-order chi connectivity index (χ0) is 15.3. The second kappa shape index (κ2) is 7.31. The van der Waals surface area contributed by atoms with E-state index in [1.54, 1.807) is 0 Å². The van der Waals surface area contributed by atoms with Gasteiger partial charge in [-0.3, -0.25) is 4.79 Å². The highest BCUT2D eigenvalue weighted by Gasteiger charge is 2.40. The molecule has 2 rings (SSSR count). The van der Waals surface area contributed by atoms with Crippen molar-refractivity contribution in [1.82, 2.24) is 5.32 Å². The molecule has 114 valence electrons. The minimum atomic E-state index is -1.06. The number of hydrogen-bond acceptors (Lipinski definition) is 3. The maximum atomic E-state index is 12.1. The van der Waals surface area contributed by atoms with Crippen LogP contribution in [0.3, 0.4) is 0 Å². The van der Waals surface area contributed by atoms with E-state index in [1.165, 1.54) is 11.8 Å². The van der Waals surface area contributed by atoms with E-state index in [4.69, 9.17) is 0 Å². The van der Waals surface area contributed by atoms with Gasteiger partial charge in [-0.15, -0.1) is 11.8 Å². The first-order chi connectivity index (χ1) is 10.0. The molecule has 1 amide bonds. The Labute approximate surface area is 136 Å². The van der Waals surface area contributed by atoms with Crippen molar-refractivity contribution in [3.63, 3.8) is 0 Å². The standard InChI is InChI=1S/C15H18BrNO3S/c16-11-4-6-12(7-5-11)21-10-13(18)17-15(14(19)20)8-2-1-3-9-15/h4-7H,1-3,8-10H2,(H,17,18)(H,19,20). The maximum absolute atomic E-state index is 12.1. The molecule has 21 heavy (non-hydrogen) atoms. The molecule has 0 bridgehead atoms. The van der Waals surface area contributed by atoms with Crippen LogP contribution in [-0.2, 0) is 9.59 Å². The number of amides is 1. The third-order valence-electron chi connectivity index (χ3n) is 3.68. The normalized spacial score (nSPS) is 17.2. The van der Waals surface area contributed by atoms with E-state index in [9.17, 15) is 14.7 Å². The minimum Gasteiger partial charge on any atom is -0.480 e. The van der Waals surface area contributed by atoms with E-state index in [-0.39, 0.29) is 11.7 Å². The average Bonchev–Trinajstić information content (AvgIpc) is 2.47. The lowest BCUT2D eigenvalue weighted by Crippen LogP contribution is -2.56. The lowest BCUT2D eigenvalue weighted by molar-refractivity contribution is -0.148. The van der Waals surface area contributed by atoms with Gasteiger partial charge in [0.05, 0.1) is 5.75 Å². The lowest BCUT2D eigenvalue weighted by Gasteiger charge is -2.33. The van der Waals surface area contributed by atoms with Gasteiger partial charge in [0.15, 0.2) is 0 Å². The van der Waals surface area contributed by atoms with Crippen molar-refractivity contribution in [3.05, 3.63) is 28.7 Å². The first kappa shape index (κ1) is 16.4. The van der Waals surface area contributed by atoms with E-state index in [1.807, 2.05) is 24.3 Å². The van der Waals surface area contributed by atoms with Crippen LogP contribution in [0.5, 0.6) is 0 Å². The third-order valence-corrected chi connectivity index (χ3v) is 5.22.